The van der Waals surface area contributed by atoms with Crippen LogP contribution in [0.2, 0.25) is 0 Å². The number of carbonyl (C=O) groups excluding carboxylic acids is 2. The fraction of sp³-hybridized carbons (Fsp3) is 0.867. The Kier molecular flexibility index (Phi) is 7.09. The molecule has 2 aliphatic heterocycles. The molecule has 128 valence electrons. The number of fused-ring (bicyclic) bond motifs is 2. The monoisotopic (exact) mass is 334 g/mol. The Morgan fingerprint density at radius 3 is 2.32 bits per heavy atom. The van der Waals surface area contributed by atoms with E-state index in [1.807, 2.05) is 0 Å². The summed E-state index contributed by atoms with van der Waals surface area (Å²) in [6.45, 7) is 1.73. The van der Waals surface area contributed by atoms with E-state index in [4.69, 9.17) is 9.47 Å². The first-order valence-electron chi connectivity index (χ1n) is 7.61. The number of amides is 1. The number of rotatable bonds is 6. The molecular formula is C15H27ClN2O4. The predicted octanol–water partition coefficient (Wildman–Crippen LogP) is 1.02. The van der Waals surface area contributed by atoms with Crippen molar-refractivity contribution >= 4 is 24.3 Å². The van der Waals surface area contributed by atoms with E-state index in [1.165, 1.54) is 27.1 Å². The molecule has 2 saturated heterocycles. The molecule has 2 heterocycles. The zero-order valence-corrected chi connectivity index (χ0v) is 14.3. The molecule has 2 fully saturated rings. The quantitative estimate of drug-likeness (QED) is 0.709. The first-order chi connectivity index (χ1) is 9.96. The van der Waals surface area contributed by atoms with Crippen molar-refractivity contribution < 1.29 is 19.1 Å². The van der Waals surface area contributed by atoms with Crippen molar-refractivity contribution in [1.29, 1.82) is 0 Å². The summed E-state index contributed by atoms with van der Waals surface area (Å²) in [7, 11) is 2.81. The molecule has 0 aromatic carbocycles. The maximum absolute atomic E-state index is 12.3. The second-order valence-electron chi connectivity index (χ2n) is 6.48. The fourth-order valence-corrected chi connectivity index (χ4v) is 3.62. The van der Waals surface area contributed by atoms with Gasteiger partial charge in [0, 0.05) is 25.6 Å². The molecule has 22 heavy (non-hydrogen) atoms. The third-order valence-corrected chi connectivity index (χ3v) is 4.53. The van der Waals surface area contributed by atoms with Crippen molar-refractivity contribution in [1.82, 2.24) is 10.6 Å². The summed E-state index contributed by atoms with van der Waals surface area (Å²) in [6.07, 6.45) is 4.98. The van der Waals surface area contributed by atoms with Crippen molar-refractivity contribution in [2.24, 2.45) is 5.92 Å². The van der Waals surface area contributed by atoms with E-state index in [-0.39, 0.29) is 24.9 Å². The van der Waals surface area contributed by atoms with E-state index in [0.717, 1.165) is 12.8 Å². The summed E-state index contributed by atoms with van der Waals surface area (Å²) >= 11 is 0. The smallest absolute Gasteiger partial charge is 0.333 e. The molecular weight excluding hydrogens is 308 g/mol. The summed E-state index contributed by atoms with van der Waals surface area (Å²) < 4.78 is 9.80. The van der Waals surface area contributed by atoms with E-state index in [2.05, 4.69) is 10.6 Å². The molecule has 7 heteroatoms. The third kappa shape index (κ3) is 4.57. The van der Waals surface area contributed by atoms with Gasteiger partial charge >= 0.3 is 5.97 Å². The highest BCUT2D eigenvalue weighted by Crippen LogP contribution is 2.32. The van der Waals surface area contributed by atoms with E-state index in [9.17, 15) is 9.59 Å². The van der Waals surface area contributed by atoms with Crippen LogP contribution < -0.4 is 10.6 Å². The lowest BCUT2D eigenvalue weighted by Crippen LogP contribution is -2.56. The number of hydrogen-bond donors (Lipinski definition) is 2. The highest BCUT2D eigenvalue weighted by Gasteiger charge is 2.38. The van der Waals surface area contributed by atoms with E-state index in [1.54, 1.807) is 6.92 Å². The van der Waals surface area contributed by atoms with Gasteiger partial charge in [-0.3, -0.25) is 4.79 Å². The van der Waals surface area contributed by atoms with E-state index < -0.39 is 11.5 Å². The SMILES string of the molecule is COCC(C)(NC(=O)CC1CC2CCC(C1)N2)C(=O)OC.Cl. The topological polar surface area (TPSA) is 76.7 Å². The van der Waals surface area contributed by atoms with Crippen molar-refractivity contribution in [2.45, 2.75) is 56.7 Å². The summed E-state index contributed by atoms with van der Waals surface area (Å²) in [6, 6.07) is 1.13. The third-order valence-electron chi connectivity index (χ3n) is 4.53. The van der Waals surface area contributed by atoms with Gasteiger partial charge in [-0.1, -0.05) is 0 Å². The molecule has 2 rings (SSSR count). The zero-order chi connectivity index (χ0) is 15.5. The van der Waals surface area contributed by atoms with Gasteiger partial charge in [0.2, 0.25) is 5.91 Å². The molecule has 0 spiro atoms. The summed E-state index contributed by atoms with van der Waals surface area (Å²) in [5, 5.41) is 6.35. The largest absolute Gasteiger partial charge is 0.467 e. The molecule has 2 bridgehead atoms. The Hall–Kier alpha value is -0.850. The average Bonchev–Trinajstić information content (AvgIpc) is 2.77. The number of piperidine rings is 1. The zero-order valence-electron chi connectivity index (χ0n) is 13.5. The lowest BCUT2D eigenvalue weighted by Gasteiger charge is -2.31. The summed E-state index contributed by atoms with van der Waals surface area (Å²) in [4.78, 5) is 24.1. The summed E-state index contributed by atoms with van der Waals surface area (Å²) in [5.41, 5.74) is -1.12. The van der Waals surface area contributed by atoms with Gasteiger partial charge in [-0.05, 0) is 38.5 Å². The van der Waals surface area contributed by atoms with Gasteiger partial charge < -0.3 is 20.1 Å². The second kappa shape index (κ2) is 8.13. The van der Waals surface area contributed by atoms with E-state index >= 15 is 0 Å². The van der Waals surface area contributed by atoms with Crippen LogP contribution in [-0.4, -0.2) is 50.3 Å². The standard InChI is InChI=1S/C15H26N2O4.ClH/c1-15(9-20-2,14(19)21-3)17-13(18)8-10-6-11-4-5-12(7-10)16-11;/h10-12,16H,4-9H2,1-3H3,(H,17,18);1H. The van der Waals surface area contributed by atoms with Crippen molar-refractivity contribution in [3.05, 3.63) is 0 Å². The molecule has 0 aliphatic carbocycles. The van der Waals surface area contributed by atoms with Gasteiger partial charge in [-0.15, -0.1) is 12.4 Å². The van der Waals surface area contributed by atoms with Gasteiger partial charge in [0.05, 0.1) is 13.7 Å². The molecule has 1 amide bonds. The van der Waals surface area contributed by atoms with E-state index in [0.29, 0.717) is 24.4 Å². The minimum Gasteiger partial charge on any atom is -0.467 e. The highest BCUT2D eigenvalue weighted by atomic mass is 35.5. The number of nitrogens with one attached hydrogen (secondary N) is 2. The van der Waals surface area contributed by atoms with Crippen molar-refractivity contribution in [3.8, 4) is 0 Å². The van der Waals surface area contributed by atoms with Crippen LogP contribution in [0.15, 0.2) is 0 Å². The molecule has 0 radical (unpaired) electrons. The minimum absolute atomic E-state index is 0. The van der Waals surface area contributed by atoms with Crippen LogP contribution >= 0.6 is 12.4 Å². The molecule has 6 nitrogen and oxygen atoms in total. The highest BCUT2D eigenvalue weighted by molar-refractivity contribution is 5.88. The molecule has 3 unspecified atom stereocenters. The van der Waals surface area contributed by atoms with Gasteiger partial charge in [-0.25, -0.2) is 4.79 Å². The minimum atomic E-state index is -1.12. The fourth-order valence-electron chi connectivity index (χ4n) is 3.62. The van der Waals surface area contributed by atoms with Gasteiger partial charge in [-0.2, -0.15) is 0 Å². The molecule has 2 aliphatic rings. The van der Waals surface area contributed by atoms with Gasteiger partial charge in [0.25, 0.3) is 0 Å². The van der Waals surface area contributed by atoms with Crippen LogP contribution in [0, 0.1) is 5.92 Å². The Balaban J connectivity index is 0.00000242. The van der Waals surface area contributed by atoms with Crippen molar-refractivity contribution in [3.63, 3.8) is 0 Å². The first kappa shape index (κ1) is 19.2. The number of hydrogen-bond acceptors (Lipinski definition) is 5. The molecule has 0 saturated carbocycles. The van der Waals surface area contributed by atoms with Crippen molar-refractivity contribution in [2.75, 3.05) is 20.8 Å². The Labute approximate surface area is 138 Å². The number of halogens is 1. The maximum Gasteiger partial charge on any atom is 0.333 e. The van der Waals surface area contributed by atoms with Gasteiger partial charge in [0.1, 0.15) is 0 Å². The van der Waals surface area contributed by atoms with Crippen LogP contribution in [-0.2, 0) is 19.1 Å². The predicted molar refractivity (Wildman–Crippen MR) is 85.0 cm³/mol. The Bertz CT molecular complexity index is 395. The van der Waals surface area contributed by atoms with Gasteiger partial charge in [0.15, 0.2) is 5.54 Å². The Morgan fingerprint density at radius 2 is 1.82 bits per heavy atom. The normalized spacial score (nSPS) is 29.1. The summed E-state index contributed by atoms with van der Waals surface area (Å²) in [5.74, 6) is -0.192. The van der Waals surface area contributed by atoms with Crippen LogP contribution in [0.5, 0.6) is 0 Å². The second-order valence-corrected chi connectivity index (χ2v) is 6.48. The maximum atomic E-state index is 12.3. The first-order valence-corrected chi connectivity index (χ1v) is 7.61. The van der Waals surface area contributed by atoms with Crippen LogP contribution in [0.3, 0.4) is 0 Å². The number of methoxy groups -OCH3 is 2. The number of ether oxygens (including phenoxy) is 2. The molecule has 3 atom stereocenters. The Morgan fingerprint density at radius 1 is 1.23 bits per heavy atom. The van der Waals surface area contributed by atoms with Crippen LogP contribution in [0.4, 0.5) is 0 Å². The van der Waals surface area contributed by atoms with Crippen LogP contribution in [0.1, 0.15) is 39.0 Å². The molecule has 0 aromatic rings. The lowest BCUT2D eigenvalue weighted by molar-refractivity contribution is -0.152. The number of carbonyl (C=O) groups is 2. The lowest BCUT2D eigenvalue weighted by atomic mass is 9.89. The number of esters is 1. The molecule has 0 aromatic heterocycles. The van der Waals surface area contributed by atoms with Crippen LogP contribution in [0.25, 0.3) is 0 Å². The molecule has 2 N–H and O–H groups in total. The average molecular weight is 335 g/mol.